The standard InChI is InChI=1S/C18H16Cl2N2O2/c19-12-4-9-16(20)15(11-12)18(24)21-13-5-7-14(8-6-13)22-10-2-1-3-17(22)23/h4-9,11H,1-3,10H2,(H,21,24). The highest BCUT2D eigenvalue weighted by Crippen LogP contribution is 2.24. The van der Waals surface area contributed by atoms with Crippen molar-refractivity contribution < 1.29 is 9.59 Å². The van der Waals surface area contributed by atoms with Crippen molar-refractivity contribution >= 4 is 46.4 Å². The van der Waals surface area contributed by atoms with Gasteiger partial charge in [-0.05, 0) is 55.3 Å². The molecule has 3 rings (SSSR count). The summed E-state index contributed by atoms with van der Waals surface area (Å²) in [6.07, 6.45) is 2.55. The van der Waals surface area contributed by atoms with Crippen molar-refractivity contribution in [3.8, 4) is 0 Å². The fourth-order valence-corrected chi connectivity index (χ4v) is 3.05. The van der Waals surface area contributed by atoms with Gasteiger partial charge in [0.25, 0.3) is 5.91 Å². The number of benzene rings is 2. The number of anilines is 2. The van der Waals surface area contributed by atoms with Crippen LogP contribution in [0.2, 0.25) is 10.0 Å². The van der Waals surface area contributed by atoms with Crippen LogP contribution >= 0.6 is 23.2 Å². The second-order valence-electron chi connectivity index (χ2n) is 5.63. The first-order chi connectivity index (χ1) is 11.5. The predicted octanol–water partition coefficient (Wildman–Crippen LogP) is 4.76. The number of nitrogens with zero attached hydrogens (tertiary/aromatic N) is 1. The molecule has 1 fully saturated rings. The molecule has 0 aromatic heterocycles. The summed E-state index contributed by atoms with van der Waals surface area (Å²) in [6.45, 7) is 0.739. The zero-order valence-corrected chi connectivity index (χ0v) is 14.4. The van der Waals surface area contributed by atoms with E-state index in [-0.39, 0.29) is 11.8 Å². The molecule has 2 aromatic carbocycles. The SMILES string of the molecule is O=C(Nc1ccc(N2CCCCC2=O)cc1)c1cc(Cl)ccc1Cl. The van der Waals surface area contributed by atoms with Gasteiger partial charge < -0.3 is 10.2 Å². The molecule has 0 aliphatic carbocycles. The molecule has 1 saturated heterocycles. The van der Waals surface area contributed by atoms with Crippen LogP contribution in [0.4, 0.5) is 11.4 Å². The monoisotopic (exact) mass is 362 g/mol. The summed E-state index contributed by atoms with van der Waals surface area (Å²) in [5.74, 6) is -0.187. The van der Waals surface area contributed by atoms with Gasteiger partial charge in [-0.3, -0.25) is 9.59 Å². The van der Waals surface area contributed by atoms with E-state index in [0.717, 1.165) is 25.1 Å². The van der Waals surface area contributed by atoms with Gasteiger partial charge in [-0.25, -0.2) is 0 Å². The number of hydrogen-bond acceptors (Lipinski definition) is 2. The van der Waals surface area contributed by atoms with E-state index in [1.807, 2.05) is 12.1 Å². The molecule has 0 unspecified atom stereocenters. The van der Waals surface area contributed by atoms with Gasteiger partial charge in [0, 0.05) is 29.4 Å². The minimum Gasteiger partial charge on any atom is -0.322 e. The molecule has 1 aliphatic heterocycles. The third kappa shape index (κ3) is 3.71. The van der Waals surface area contributed by atoms with Crippen LogP contribution in [0.15, 0.2) is 42.5 Å². The van der Waals surface area contributed by atoms with E-state index in [9.17, 15) is 9.59 Å². The number of rotatable bonds is 3. The van der Waals surface area contributed by atoms with Crippen LogP contribution in [0, 0.1) is 0 Å². The summed E-state index contributed by atoms with van der Waals surface area (Å²) in [4.78, 5) is 26.0. The summed E-state index contributed by atoms with van der Waals surface area (Å²) < 4.78 is 0. The molecule has 124 valence electrons. The molecule has 0 bridgehead atoms. The summed E-state index contributed by atoms with van der Waals surface area (Å²) in [5, 5.41) is 3.57. The topological polar surface area (TPSA) is 49.4 Å². The second kappa shape index (κ2) is 7.24. The molecule has 0 atom stereocenters. The third-order valence-corrected chi connectivity index (χ3v) is 4.50. The highest BCUT2D eigenvalue weighted by Gasteiger charge is 2.19. The van der Waals surface area contributed by atoms with Crippen molar-refractivity contribution in [2.24, 2.45) is 0 Å². The maximum Gasteiger partial charge on any atom is 0.257 e. The molecule has 6 heteroatoms. The zero-order chi connectivity index (χ0) is 17.1. The Kier molecular flexibility index (Phi) is 5.07. The van der Waals surface area contributed by atoms with Crippen molar-refractivity contribution in [3.05, 3.63) is 58.1 Å². The van der Waals surface area contributed by atoms with Gasteiger partial charge in [0.05, 0.1) is 10.6 Å². The van der Waals surface area contributed by atoms with E-state index >= 15 is 0 Å². The van der Waals surface area contributed by atoms with Gasteiger partial charge in [-0.15, -0.1) is 0 Å². The van der Waals surface area contributed by atoms with Crippen molar-refractivity contribution in [2.75, 3.05) is 16.8 Å². The summed E-state index contributed by atoms with van der Waals surface area (Å²) in [7, 11) is 0. The van der Waals surface area contributed by atoms with Crippen LogP contribution in [-0.4, -0.2) is 18.4 Å². The lowest BCUT2D eigenvalue weighted by atomic mass is 10.1. The van der Waals surface area contributed by atoms with Gasteiger partial charge in [0.2, 0.25) is 5.91 Å². The minimum absolute atomic E-state index is 0.142. The molecule has 0 saturated carbocycles. The Hall–Kier alpha value is -2.04. The Morgan fingerprint density at radius 2 is 1.79 bits per heavy atom. The Morgan fingerprint density at radius 1 is 1.04 bits per heavy atom. The number of amides is 2. The average Bonchev–Trinajstić information content (AvgIpc) is 2.58. The molecular weight excluding hydrogens is 347 g/mol. The number of piperidine rings is 1. The molecule has 24 heavy (non-hydrogen) atoms. The molecule has 0 spiro atoms. The molecule has 2 aromatic rings. The smallest absolute Gasteiger partial charge is 0.257 e. The lowest BCUT2D eigenvalue weighted by Gasteiger charge is -2.26. The van der Waals surface area contributed by atoms with Gasteiger partial charge in [-0.1, -0.05) is 23.2 Å². The first kappa shape index (κ1) is 16.8. The largest absolute Gasteiger partial charge is 0.322 e. The number of halogens is 2. The van der Waals surface area contributed by atoms with E-state index in [2.05, 4.69) is 5.32 Å². The van der Waals surface area contributed by atoms with Crippen LogP contribution < -0.4 is 10.2 Å². The number of nitrogens with one attached hydrogen (secondary N) is 1. The first-order valence-electron chi connectivity index (χ1n) is 7.71. The summed E-state index contributed by atoms with van der Waals surface area (Å²) in [6, 6.07) is 12.0. The Balaban J connectivity index is 1.73. The normalized spacial score (nSPS) is 14.6. The van der Waals surface area contributed by atoms with Crippen molar-refractivity contribution in [3.63, 3.8) is 0 Å². The van der Waals surface area contributed by atoms with Crippen molar-refractivity contribution in [2.45, 2.75) is 19.3 Å². The van der Waals surface area contributed by atoms with E-state index in [1.54, 1.807) is 29.2 Å². The van der Waals surface area contributed by atoms with E-state index < -0.39 is 0 Å². The van der Waals surface area contributed by atoms with Crippen LogP contribution in [-0.2, 0) is 4.79 Å². The van der Waals surface area contributed by atoms with Crippen molar-refractivity contribution in [1.29, 1.82) is 0 Å². The summed E-state index contributed by atoms with van der Waals surface area (Å²) in [5.41, 5.74) is 1.79. The first-order valence-corrected chi connectivity index (χ1v) is 8.47. The minimum atomic E-state index is -0.329. The maximum atomic E-state index is 12.3. The molecule has 2 amide bonds. The molecule has 1 N–H and O–H groups in total. The molecule has 1 aliphatic rings. The fraction of sp³-hybridized carbons (Fsp3) is 0.222. The lowest BCUT2D eigenvalue weighted by Crippen LogP contribution is -2.35. The average molecular weight is 363 g/mol. The van der Waals surface area contributed by atoms with Gasteiger partial charge in [0.1, 0.15) is 0 Å². The third-order valence-electron chi connectivity index (χ3n) is 3.93. The van der Waals surface area contributed by atoms with Gasteiger partial charge in [-0.2, -0.15) is 0 Å². The van der Waals surface area contributed by atoms with Crippen molar-refractivity contribution in [1.82, 2.24) is 0 Å². The quantitative estimate of drug-likeness (QED) is 0.855. The van der Waals surface area contributed by atoms with Crippen LogP contribution in [0.3, 0.4) is 0 Å². The molecule has 0 radical (unpaired) electrons. The van der Waals surface area contributed by atoms with Crippen LogP contribution in [0.25, 0.3) is 0 Å². The molecular formula is C18H16Cl2N2O2. The van der Waals surface area contributed by atoms with E-state index in [0.29, 0.717) is 27.7 Å². The number of carbonyl (C=O) groups excluding carboxylic acids is 2. The number of carbonyl (C=O) groups is 2. The maximum absolute atomic E-state index is 12.3. The fourth-order valence-electron chi connectivity index (χ4n) is 2.67. The van der Waals surface area contributed by atoms with Gasteiger partial charge >= 0.3 is 0 Å². The zero-order valence-electron chi connectivity index (χ0n) is 12.9. The Morgan fingerprint density at radius 3 is 2.50 bits per heavy atom. The summed E-state index contributed by atoms with van der Waals surface area (Å²) >= 11 is 11.9. The lowest BCUT2D eigenvalue weighted by molar-refractivity contribution is -0.119. The predicted molar refractivity (Wildman–Crippen MR) is 97.1 cm³/mol. The Labute approximate surface area is 150 Å². The molecule has 1 heterocycles. The molecule has 4 nitrogen and oxygen atoms in total. The van der Waals surface area contributed by atoms with Crippen LogP contribution in [0.1, 0.15) is 29.6 Å². The van der Waals surface area contributed by atoms with Gasteiger partial charge in [0.15, 0.2) is 0 Å². The van der Waals surface area contributed by atoms with E-state index in [4.69, 9.17) is 23.2 Å². The van der Waals surface area contributed by atoms with Crippen LogP contribution in [0.5, 0.6) is 0 Å². The second-order valence-corrected chi connectivity index (χ2v) is 6.47. The highest BCUT2D eigenvalue weighted by molar-refractivity contribution is 6.36. The van der Waals surface area contributed by atoms with E-state index in [1.165, 1.54) is 6.07 Å². The highest BCUT2D eigenvalue weighted by atomic mass is 35.5. The Bertz CT molecular complexity index is 775. The number of hydrogen-bond donors (Lipinski definition) is 1.